The zero-order chi connectivity index (χ0) is 16.2. The first-order valence-corrected chi connectivity index (χ1v) is 7.46. The molecule has 1 fully saturated rings. The molecule has 0 spiro atoms. The van der Waals surface area contributed by atoms with Gasteiger partial charge in [-0.1, -0.05) is 12.1 Å². The highest BCUT2D eigenvalue weighted by atomic mass is 16.4. The van der Waals surface area contributed by atoms with Gasteiger partial charge in [0.1, 0.15) is 6.33 Å². The molecular formula is C15H17N5O3. The zero-order valence-corrected chi connectivity index (χ0v) is 12.5. The summed E-state index contributed by atoms with van der Waals surface area (Å²) in [6.07, 6.45) is 3.14. The lowest BCUT2D eigenvalue weighted by atomic mass is 9.97. The summed E-state index contributed by atoms with van der Waals surface area (Å²) in [6.45, 7) is 0.933. The molecule has 1 saturated heterocycles. The monoisotopic (exact) mass is 315 g/mol. The van der Waals surface area contributed by atoms with E-state index >= 15 is 0 Å². The molecule has 0 unspecified atom stereocenters. The number of nitrogens with zero attached hydrogens (tertiary/aromatic N) is 5. The van der Waals surface area contributed by atoms with Crippen LogP contribution < -0.4 is 0 Å². The zero-order valence-electron chi connectivity index (χ0n) is 12.5. The Morgan fingerprint density at radius 3 is 2.70 bits per heavy atom. The lowest BCUT2D eigenvalue weighted by Crippen LogP contribution is -2.42. The number of amides is 1. The summed E-state index contributed by atoms with van der Waals surface area (Å²) in [5.41, 5.74) is 1.69. The number of aromatic nitrogens is 4. The SMILES string of the molecule is O=C(O)[C@@H]1CCCN(C(=O)Cc2ccc(-n3cnnn3)cc2)C1. The number of hydrogen-bond donors (Lipinski definition) is 1. The van der Waals surface area contributed by atoms with E-state index in [4.69, 9.17) is 5.11 Å². The average molecular weight is 315 g/mol. The molecule has 8 heteroatoms. The van der Waals surface area contributed by atoms with Gasteiger partial charge in [-0.2, -0.15) is 0 Å². The Balaban J connectivity index is 1.62. The van der Waals surface area contributed by atoms with Gasteiger partial charge >= 0.3 is 5.97 Å². The lowest BCUT2D eigenvalue weighted by molar-refractivity contribution is -0.145. The molecule has 0 bridgehead atoms. The molecule has 1 amide bonds. The van der Waals surface area contributed by atoms with Crippen LogP contribution in [0.2, 0.25) is 0 Å². The highest BCUT2D eigenvalue weighted by Crippen LogP contribution is 2.18. The number of aliphatic carboxylic acids is 1. The predicted molar refractivity (Wildman–Crippen MR) is 79.8 cm³/mol. The van der Waals surface area contributed by atoms with Crippen molar-refractivity contribution in [1.29, 1.82) is 0 Å². The van der Waals surface area contributed by atoms with Gasteiger partial charge in [0.15, 0.2) is 0 Å². The fourth-order valence-electron chi connectivity index (χ4n) is 2.74. The maximum absolute atomic E-state index is 12.3. The number of carbonyl (C=O) groups excluding carboxylic acids is 1. The second-order valence-electron chi connectivity index (χ2n) is 5.61. The van der Waals surface area contributed by atoms with Crippen LogP contribution in [-0.4, -0.2) is 55.2 Å². The van der Waals surface area contributed by atoms with Crippen molar-refractivity contribution in [2.24, 2.45) is 5.92 Å². The fraction of sp³-hybridized carbons (Fsp3) is 0.400. The van der Waals surface area contributed by atoms with Gasteiger partial charge in [-0.25, -0.2) is 4.68 Å². The molecule has 0 radical (unpaired) electrons. The summed E-state index contributed by atoms with van der Waals surface area (Å²) >= 11 is 0. The van der Waals surface area contributed by atoms with Crippen LogP contribution in [0.1, 0.15) is 18.4 Å². The Morgan fingerprint density at radius 2 is 2.04 bits per heavy atom. The molecule has 1 aromatic carbocycles. The van der Waals surface area contributed by atoms with Crippen LogP contribution in [0, 0.1) is 5.92 Å². The number of carboxylic acids is 1. The molecule has 8 nitrogen and oxygen atoms in total. The molecule has 1 aliphatic heterocycles. The molecule has 1 aliphatic rings. The number of likely N-dealkylation sites (tertiary alicyclic amines) is 1. The summed E-state index contributed by atoms with van der Waals surface area (Å²) in [6, 6.07) is 7.39. The van der Waals surface area contributed by atoms with Crippen molar-refractivity contribution in [3.63, 3.8) is 0 Å². The van der Waals surface area contributed by atoms with Gasteiger partial charge in [0.2, 0.25) is 5.91 Å². The highest BCUT2D eigenvalue weighted by molar-refractivity contribution is 5.80. The number of carboxylic acid groups (broad SMARTS) is 1. The maximum Gasteiger partial charge on any atom is 0.308 e. The number of benzene rings is 1. The Hall–Kier alpha value is -2.77. The third-order valence-corrected chi connectivity index (χ3v) is 4.03. The van der Waals surface area contributed by atoms with Crippen LogP contribution in [0.5, 0.6) is 0 Å². The van der Waals surface area contributed by atoms with Crippen LogP contribution in [0.15, 0.2) is 30.6 Å². The van der Waals surface area contributed by atoms with Gasteiger partial charge in [0.05, 0.1) is 18.0 Å². The number of carbonyl (C=O) groups is 2. The molecule has 2 aromatic rings. The van der Waals surface area contributed by atoms with Crippen LogP contribution in [0.3, 0.4) is 0 Å². The standard InChI is InChI=1S/C15H17N5O3/c21-14(19-7-1-2-12(9-19)15(22)23)8-11-3-5-13(6-4-11)20-10-16-17-18-20/h3-6,10,12H,1-2,7-9H2,(H,22,23)/t12-/m1/s1. The Labute approximate surface area is 132 Å². The van der Waals surface area contributed by atoms with E-state index < -0.39 is 11.9 Å². The Bertz CT molecular complexity index is 684. The van der Waals surface area contributed by atoms with Gasteiger partial charge in [-0.05, 0) is 41.0 Å². The van der Waals surface area contributed by atoms with E-state index in [-0.39, 0.29) is 12.3 Å². The highest BCUT2D eigenvalue weighted by Gasteiger charge is 2.27. The van der Waals surface area contributed by atoms with E-state index in [9.17, 15) is 9.59 Å². The second kappa shape index (κ2) is 6.55. The molecule has 1 atom stereocenters. The third kappa shape index (κ3) is 3.53. The summed E-state index contributed by atoms with van der Waals surface area (Å²) in [5.74, 6) is -1.31. The van der Waals surface area contributed by atoms with Gasteiger partial charge in [0, 0.05) is 13.1 Å². The van der Waals surface area contributed by atoms with Crippen molar-refractivity contribution in [3.05, 3.63) is 36.2 Å². The minimum absolute atomic E-state index is 0.0360. The topological polar surface area (TPSA) is 101 Å². The molecule has 1 aromatic heterocycles. The van der Waals surface area contributed by atoms with Crippen LogP contribution in [0.4, 0.5) is 0 Å². The second-order valence-corrected chi connectivity index (χ2v) is 5.61. The van der Waals surface area contributed by atoms with E-state index in [1.54, 1.807) is 4.90 Å². The number of hydrogen-bond acceptors (Lipinski definition) is 5. The van der Waals surface area contributed by atoms with Gasteiger partial charge in [0.25, 0.3) is 0 Å². The fourth-order valence-corrected chi connectivity index (χ4v) is 2.74. The van der Waals surface area contributed by atoms with Crippen LogP contribution in [-0.2, 0) is 16.0 Å². The Morgan fingerprint density at radius 1 is 1.26 bits per heavy atom. The van der Waals surface area contributed by atoms with Crippen molar-refractivity contribution >= 4 is 11.9 Å². The molecule has 1 N–H and O–H groups in total. The predicted octanol–water partition coefficient (Wildman–Crippen LogP) is 0.528. The van der Waals surface area contributed by atoms with Crippen LogP contribution in [0.25, 0.3) is 5.69 Å². The molecular weight excluding hydrogens is 298 g/mol. The smallest absolute Gasteiger partial charge is 0.308 e. The van der Waals surface area contributed by atoms with Crippen molar-refractivity contribution in [2.45, 2.75) is 19.3 Å². The number of tetrazole rings is 1. The van der Waals surface area contributed by atoms with Gasteiger partial charge in [-0.3, -0.25) is 9.59 Å². The summed E-state index contributed by atoms with van der Waals surface area (Å²) in [5, 5.41) is 20.0. The number of rotatable bonds is 4. The van der Waals surface area contributed by atoms with Gasteiger partial charge < -0.3 is 10.0 Å². The summed E-state index contributed by atoms with van der Waals surface area (Å²) in [7, 11) is 0. The normalized spacial score (nSPS) is 17.9. The van der Waals surface area contributed by atoms with Crippen molar-refractivity contribution in [1.82, 2.24) is 25.1 Å². The van der Waals surface area contributed by atoms with E-state index in [1.165, 1.54) is 11.0 Å². The quantitative estimate of drug-likeness (QED) is 0.883. The lowest BCUT2D eigenvalue weighted by Gasteiger charge is -2.30. The number of piperidine rings is 1. The van der Waals surface area contributed by atoms with E-state index in [1.807, 2.05) is 24.3 Å². The Kier molecular flexibility index (Phi) is 4.31. The molecule has 120 valence electrons. The summed E-state index contributed by atoms with van der Waals surface area (Å²) < 4.78 is 1.54. The third-order valence-electron chi connectivity index (χ3n) is 4.03. The first-order chi connectivity index (χ1) is 11.1. The minimum atomic E-state index is -0.826. The largest absolute Gasteiger partial charge is 0.481 e. The minimum Gasteiger partial charge on any atom is -0.481 e. The van der Waals surface area contributed by atoms with Crippen LogP contribution >= 0.6 is 0 Å². The first kappa shape index (κ1) is 15.1. The first-order valence-electron chi connectivity index (χ1n) is 7.46. The average Bonchev–Trinajstić information content (AvgIpc) is 3.10. The molecule has 3 rings (SSSR count). The van der Waals surface area contributed by atoms with Crippen molar-refractivity contribution in [3.8, 4) is 5.69 Å². The molecule has 23 heavy (non-hydrogen) atoms. The molecule has 0 saturated carbocycles. The van der Waals surface area contributed by atoms with E-state index in [0.29, 0.717) is 19.5 Å². The molecule has 0 aliphatic carbocycles. The summed E-state index contributed by atoms with van der Waals surface area (Å²) in [4.78, 5) is 25.1. The van der Waals surface area contributed by atoms with Gasteiger partial charge in [-0.15, -0.1) is 5.10 Å². The van der Waals surface area contributed by atoms with Crippen molar-refractivity contribution in [2.75, 3.05) is 13.1 Å². The maximum atomic E-state index is 12.3. The molecule has 2 heterocycles. The van der Waals surface area contributed by atoms with E-state index in [0.717, 1.165) is 17.7 Å². The van der Waals surface area contributed by atoms with Crippen molar-refractivity contribution < 1.29 is 14.7 Å². The van der Waals surface area contributed by atoms with E-state index in [2.05, 4.69) is 15.5 Å².